The lowest BCUT2D eigenvalue weighted by atomic mass is 9.98. The van der Waals surface area contributed by atoms with Crippen LogP contribution in [0.25, 0.3) is 10.9 Å². The molecule has 4 heteroatoms. The third kappa shape index (κ3) is 2.23. The number of nitrogens with two attached hydrogens (primary N) is 1. The summed E-state index contributed by atoms with van der Waals surface area (Å²) < 4.78 is 0. The Morgan fingerprint density at radius 3 is 2.95 bits per heavy atom. The molecule has 2 saturated heterocycles. The van der Waals surface area contributed by atoms with Crippen LogP contribution < -0.4 is 10.6 Å². The molecule has 0 spiro atoms. The summed E-state index contributed by atoms with van der Waals surface area (Å²) in [4.78, 5) is 9.59. The lowest BCUT2D eigenvalue weighted by Crippen LogP contribution is -2.55. The number of hydrogen-bond acceptors (Lipinski definition) is 4. The number of aromatic nitrogens is 1. The summed E-state index contributed by atoms with van der Waals surface area (Å²) in [7, 11) is 0. The lowest BCUT2D eigenvalue weighted by molar-refractivity contribution is 0.133. The van der Waals surface area contributed by atoms with E-state index in [1.54, 1.807) is 0 Å². The summed E-state index contributed by atoms with van der Waals surface area (Å²) in [5.74, 6) is 0. The molecule has 2 aliphatic rings. The minimum absolute atomic E-state index is 0.693. The minimum atomic E-state index is 0.693. The minimum Gasteiger partial charge on any atom is -0.396 e. The van der Waals surface area contributed by atoms with E-state index in [0.717, 1.165) is 30.8 Å². The maximum Gasteiger partial charge on any atom is 0.0745 e. The van der Waals surface area contributed by atoms with Crippen LogP contribution in [0, 0.1) is 0 Å². The standard InChI is InChI=1S/C17H22N4/c18-15-11-19-16-7-2-1-6-14(16)17(15)21-10-9-20-8-4-3-5-13(20)12-21/h1-2,6-7,11,13H,3-5,8-10,12,18H2. The zero-order valence-corrected chi connectivity index (χ0v) is 12.3. The number of rotatable bonds is 1. The summed E-state index contributed by atoms with van der Waals surface area (Å²) in [5, 5.41) is 1.18. The van der Waals surface area contributed by atoms with E-state index in [4.69, 9.17) is 5.73 Å². The van der Waals surface area contributed by atoms with E-state index in [1.165, 1.54) is 36.9 Å². The number of hydrogen-bond donors (Lipinski definition) is 1. The largest absolute Gasteiger partial charge is 0.396 e. The predicted molar refractivity (Wildman–Crippen MR) is 87.6 cm³/mol. The molecule has 0 bridgehead atoms. The van der Waals surface area contributed by atoms with Gasteiger partial charge in [0.25, 0.3) is 0 Å². The van der Waals surface area contributed by atoms with Gasteiger partial charge in [-0.25, -0.2) is 0 Å². The number of nitrogen functional groups attached to an aromatic ring is 1. The molecule has 4 rings (SSSR count). The molecule has 3 heterocycles. The maximum atomic E-state index is 6.27. The van der Waals surface area contributed by atoms with Crippen LogP contribution in [0.15, 0.2) is 30.5 Å². The van der Waals surface area contributed by atoms with Crippen LogP contribution in [0.3, 0.4) is 0 Å². The van der Waals surface area contributed by atoms with Gasteiger partial charge in [-0.05, 0) is 25.5 Å². The van der Waals surface area contributed by atoms with Crippen molar-refractivity contribution in [1.29, 1.82) is 0 Å². The highest BCUT2D eigenvalue weighted by Crippen LogP contribution is 2.34. The number of piperidine rings is 1. The molecule has 0 radical (unpaired) electrons. The topological polar surface area (TPSA) is 45.4 Å². The fourth-order valence-corrected chi connectivity index (χ4v) is 3.85. The second kappa shape index (κ2) is 5.19. The molecule has 2 aromatic rings. The van der Waals surface area contributed by atoms with Crippen molar-refractivity contribution < 1.29 is 0 Å². The molecule has 2 N–H and O–H groups in total. The van der Waals surface area contributed by atoms with E-state index in [-0.39, 0.29) is 0 Å². The van der Waals surface area contributed by atoms with Gasteiger partial charge in [0.1, 0.15) is 0 Å². The van der Waals surface area contributed by atoms with Crippen LogP contribution in [0.4, 0.5) is 11.4 Å². The zero-order valence-electron chi connectivity index (χ0n) is 12.3. The Balaban J connectivity index is 1.71. The zero-order chi connectivity index (χ0) is 14.2. The Hall–Kier alpha value is -1.81. The van der Waals surface area contributed by atoms with E-state index in [0.29, 0.717) is 6.04 Å². The summed E-state index contributed by atoms with van der Waals surface area (Å²) >= 11 is 0. The molecule has 2 fully saturated rings. The monoisotopic (exact) mass is 282 g/mol. The van der Waals surface area contributed by atoms with Gasteiger partial charge < -0.3 is 10.6 Å². The first-order valence-electron chi connectivity index (χ1n) is 7.95. The van der Waals surface area contributed by atoms with Crippen LogP contribution in [0.1, 0.15) is 19.3 Å². The number of para-hydroxylation sites is 1. The van der Waals surface area contributed by atoms with Crippen LogP contribution in [0.5, 0.6) is 0 Å². The Morgan fingerprint density at radius 1 is 1.10 bits per heavy atom. The van der Waals surface area contributed by atoms with Gasteiger partial charge in [-0.2, -0.15) is 0 Å². The molecule has 4 nitrogen and oxygen atoms in total. The first kappa shape index (κ1) is 12.9. The van der Waals surface area contributed by atoms with Crippen molar-refractivity contribution >= 4 is 22.3 Å². The number of nitrogens with zero attached hydrogens (tertiary/aromatic N) is 3. The number of piperazine rings is 1. The van der Waals surface area contributed by atoms with Gasteiger partial charge in [-0.15, -0.1) is 0 Å². The van der Waals surface area contributed by atoms with Gasteiger partial charge in [0, 0.05) is 31.1 Å². The molecular weight excluding hydrogens is 260 g/mol. The maximum absolute atomic E-state index is 6.27. The number of pyridine rings is 1. The molecule has 1 unspecified atom stereocenters. The van der Waals surface area contributed by atoms with E-state index in [9.17, 15) is 0 Å². The average Bonchev–Trinajstić information content (AvgIpc) is 2.54. The molecule has 21 heavy (non-hydrogen) atoms. The van der Waals surface area contributed by atoms with Crippen LogP contribution in [-0.2, 0) is 0 Å². The second-order valence-corrected chi connectivity index (χ2v) is 6.21. The van der Waals surface area contributed by atoms with Crippen molar-refractivity contribution in [3.05, 3.63) is 30.5 Å². The van der Waals surface area contributed by atoms with E-state index >= 15 is 0 Å². The van der Waals surface area contributed by atoms with E-state index in [1.807, 2.05) is 12.3 Å². The molecule has 1 atom stereocenters. The van der Waals surface area contributed by atoms with Gasteiger partial charge in [-0.1, -0.05) is 24.6 Å². The summed E-state index contributed by atoms with van der Waals surface area (Å²) in [5.41, 5.74) is 9.29. The van der Waals surface area contributed by atoms with Gasteiger partial charge in [0.15, 0.2) is 0 Å². The van der Waals surface area contributed by atoms with Crippen molar-refractivity contribution in [2.24, 2.45) is 0 Å². The normalized spacial score (nSPS) is 23.2. The smallest absolute Gasteiger partial charge is 0.0745 e. The van der Waals surface area contributed by atoms with Crippen LogP contribution in [-0.4, -0.2) is 42.1 Å². The second-order valence-electron chi connectivity index (χ2n) is 6.21. The van der Waals surface area contributed by atoms with Gasteiger partial charge in [-0.3, -0.25) is 9.88 Å². The molecule has 0 aliphatic carbocycles. The fourth-order valence-electron chi connectivity index (χ4n) is 3.85. The third-order valence-electron chi connectivity index (χ3n) is 4.93. The Bertz CT molecular complexity index is 654. The Kier molecular flexibility index (Phi) is 3.19. The number of anilines is 2. The molecule has 0 amide bonds. The summed E-state index contributed by atoms with van der Waals surface area (Å²) in [6, 6.07) is 9.01. The van der Waals surface area contributed by atoms with Crippen molar-refractivity contribution in [2.45, 2.75) is 25.3 Å². The number of fused-ring (bicyclic) bond motifs is 2. The Morgan fingerprint density at radius 2 is 2.00 bits per heavy atom. The number of benzene rings is 1. The molecule has 1 aromatic heterocycles. The summed E-state index contributed by atoms with van der Waals surface area (Å²) in [6.45, 7) is 4.58. The highest BCUT2D eigenvalue weighted by atomic mass is 15.3. The average molecular weight is 282 g/mol. The molecular formula is C17H22N4. The summed E-state index contributed by atoms with van der Waals surface area (Å²) in [6.07, 6.45) is 5.85. The molecule has 2 aliphatic heterocycles. The molecule has 0 saturated carbocycles. The van der Waals surface area contributed by atoms with Crippen molar-refractivity contribution in [3.63, 3.8) is 0 Å². The quantitative estimate of drug-likeness (QED) is 0.873. The van der Waals surface area contributed by atoms with Crippen molar-refractivity contribution in [3.8, 4) is 0 Å². The van der Waals surface area contributed by atoms with Crippen LogP contribution in [0.2, 0.25) is 0 Å². The lowest BCUT2D eigenvalue weighted by Gasteiger charge is -2.45. The van der Waals surface area contributed by atoms with Crippen molar-refractivity contribution in [2.75, 3.05) is 36.8 Å². The Labute approximate surface area is 125 Å². The van der Waals surface area contributed by atoms with Gasteiger partial charge in [0.2, 0.25) is 0 Å². The van der Waals surface area contributed by atoms with Crippen molar-refractivity contribution in [1.82, 2.24) is 9.88 Å². The molecule has 110 valence electrons. The molecule has 1 aromatic carbocycles. The van der Waals surface area contributed by atoms with E-state index < -0.39 is 0 Å². The van der Waals surface area contributed by atoms with Gasteiger partial charge in [0.05, 0.1) is 23.1 Å². The highest BCUT2D eigenvalue weighted by Gasteiger charge is 2.30. The van der Waals surface area contributed by atoms with Gasteiger partial charge >= 0.3 is 0 Å². The highest BCUT2D eigenvalue weighted by molar-refractivity contribution is 5.97. The van der Waals surface area contributed by atoms with Crippen LogP contribution >= 0.6 is 0 Å². The third-order valence-corrected chi connectivity index (χ3v) is 4.93. The fraction of sp³-hybridized carbons (Fsp3) is 0.471. The SMILES string of the molecule is Nc1cnc2ccccc2c1N1CCN2CCCCC2C1. The first-order chi connectivity index (χ1) is 10.3. The predicted octanol–water partition coefficient (Wildman–Crippen LogP) is 2.49. The van der Waals surface area contributed by atoms with E-state index in [2.05, 4.69) is 33.0 Å². The first-order valence-corrected chi connectivity index (χ1v) is 7.95.